The summed E-state index contributed by atoms with van der Waals surface area (Å²) < 4.78 is 26.9. The molecule has 1 aliphatic rings. The van der Waals surface area contributed by atoms with E-state index >= 15 is 0 Å². The molecule has 4 rings (SSSR count). The lowest BCUT2D eigenvalue weighted by Gasteiger charge is -2.05. The van der Waals surface area contributed by atoms with Gasteiger partial charge < -0.3 is 5.32 Å². The lowest BCUT2D eigenvalue weighted by Crippen LogP contribution is -2.22. The first kappa shape index (κ1) is 18.4. The van der Waals surface area contributed by atoms with E-state index in [0.717, 1.165) is 17.0 Å². The summed E-state index contributed by atoms with van der Waals surface area (Å²) in [6, 6.07) is 5.17. The summed E-state index contributed by atoms with van der Waals surface area (Å²) in [6.07, 6.45) is 3.84. The standard InChI is InChI=1S/C16H17ClN6O2S2/c1-2-19-27(24,25)14-6-5-12(26-14)16-18-8-10(17)15(21-16)20-13-7-11(22-23-13)9-3-4-9/h5-9,19H,2-4H2,1H3,(H2,18,20,21,22,23). The fraction of sp³-hybridized carbons (Fsp3) is 0.312. The van der Waals surface area contributed by atoms with E-state index in [-0.39, 0.29) is 4.21 Å². The van der Waals surface area contributed by atoms with Gasteiger partial charge >= 0.3 is 0 Å². The average molecular weight is 425 g/mol. The van der Waals surface area contributed by atoms with Crippen LogP contribution in [0.25, 0.3) is 10.7 Å². The van der Waals surface area contributed by atoms with Gasteiger partial charge in [0.1, 0.15) is 9.23 Å². The molecule has 1 fully saturated rings. The number of rotatable bonds is 7. The second-order valence-corrected chi connectivity index (χ2v) is 9.60. The molecule has 3 aromatic heterocycles. The summed E-state index contributed by atoms with van der Waals surface area (Å²) >= 11 is 7.31. The van der Waals surface area contributed by atoms with Gasteiger partial charge in [-0.05, 0) is 25.0 Å². The molecule has 0 radical (unpaired) electrons. The first-order chi connectivity index (χ1) is 13.0. The van der Waals surface area contributed by atoms with Crippen LogP contribution in [0.2, 0.25) is 5.02 Å². The zero-order valence-corrected chi connectivity index (χ0v) is 16.7. The highest BCUT2D eigenvalue weighted by atomic mass is 35.5. The second-order valence-electron chi connectivity index (χ2n) is 6.12. The van der Waals surface area contributed by atoms with Crippen LogP contribution >= 0.6 is 22.9 Å². The Morgan fingerprint density at radius 3 is 2.93 bits per heavy atom. The number of anilines is 2. The molecule has 3 aromatic rings. The molecular formula is C16H17ClN6O2S2. The Labute approximate surface area is 165 Å². The van der Waals surface area contributed by atoms with Crippen molar-refractivity contribution in [3.8, 4) is 10.7 Å². The topological polar surface area (TPSA) is 113 Å². The van der Waals surface area contributed by atoms with Crippen molar-refractivity contribution >= 4 is 44.6 Å². The van der Waals surface area contributed by atoms with Gasteiger partial charge in [-0.1, -0.05) is 18.5 Å². The van der Waals surface area contributed by atoms with Crippen LogP contribution in [0.15, 0.2) is 28.6 Å². The highest BCUT2D eigenvalue weighted by Gasteiger charge is 2.25. The van der Waals surface area contributed by atoms with Crippen LogP contribution in [-0.4, -0.2) is 35.1 Å². The lowest BCUT2D eigenvalue weighted by molar-refractivity contribution is 0.586. The molecule has 142 valence electrons. The van der Waals surface area contributed by atoms with Crippen molar-refractivity contribution in [3.05, 3.63) is 35.1 Å². The smallest absolute Gasteiger partial charge is 0.250 e. The minimum absolute atomic E-state index is 0.216. The molecule has 3 heterocycles. The number of hydrogen-bond acceptors (Lipinski definition) is 7. The summed E-state index contributed by atoms with van der Waals surface area (Å²) in [6.45, 7) is 2.06. The van der Waals surface area contributed by atoms with Gasteiger partial charge in [0.2, 0.25) is 10.0 Å². The van der Waals surface area contributed by atoms with Crippen molar-refractivity contribution in [1.82, 2.24) is 24.9 Å². The van der Waals surface area contributed by atoms with E-state index < -0.39 is 10.0 Å². The minimum atomic E-state index is -3.51. The Bertz CT molecular complexity index is 1070. The number of aromatic nitrogens is 4. The Kier molecular flexibility index (Phi) is 4.89. The maximum atomic E-state index is 12.1. The van der Waals surface area contributed by atoms with E-state index in [0.29, 0.717) is 39.8 Å². The van der Waals surface area contributed by atoms with Gasteiger partial charge in [-0.15, -0.1) is 11.3 Å². The highest BCUT2D eigenvalue weighted by Crippen LogP contribution is 2.40. The van der Waals surface area contributed by atoms with Crippen LogP contribution in [0.5, 0.6) is 0 Å². The SMILES string of the molecule is CCNS(=O)(=O)c1ccc(-c2ncc(Cl)c(Nc3cc(C4CC4)[nH]n3)n2)s1. The van der Waals surface area contributed by atoms with Crippen LogP contribution in [0, 0.1) is 0 Å². The van der Waals surface area contributed by atoms with Crippen molar-refractivity contribution in [3.63, 3.8) is 0 Å². The maximum Gasteiger partial charge on any atom is 0.250 e. The Morgan fingerprint density at radius 2 is 2.19 bits per heavy atom. The van der Waals surface area contributed by atoms with Crippen LogP contribution < -0.4 is 10.0 Å². The molecular weight excluding hydrogens is 408 g/mol. The quantitative estimate of drug-likeness (QED) is 0.535. The van der Waals surface area contributed by atoms with Crippen molar-refractivity contribution in [1.29, 1.82) is 0 Å². The molecule has 0 aromatic carbocycles. The van der Waals surface area contributed by atoms with E-state index in [4.69, 9.17) is 11.6 Å². The number of nitrogens with one attached hydrogen (secondary N) is 3. The number of nitrogens with zero attached hydrogens (tertiary/aromatic N) is 3. The fourth-order valence-corrected chi connectivity index (χ4v) is 5.02. The van der Waals surface area contributed by atoms with Crippen LogP contribution in [0.3, 0.4) is 0 Å². The molecule has 0 spiro atoms. The Balaban J connectivity index is 1.59. The van der Waals surface area contributed by atoms with Gasteiger partial charge in [-0.2, -0.15) is 5.10 Å². The average Bonchev–Trinajstić information content (AvgIpc) is 3.17. The second kappa shape index (κ2) is 7.19. The van der Waals surface area contributed by atoms with E-state index in [1.807, 2.05) is 6.07 Å². The van der Waals surface area contributed by atoms with Crippen molar-refractivity contribution in [2.24, 2.45) is 0 Å². The maximum absolute atomic E-state index is 12.1. The monoisotopic (exact) mass is 424 g/mol. The predicted octanol–water partition coefficient (Wildman–Crippen LogP) is 3.50. The molecule has 0 atom stereocenters. The summed E-state index contributed by atoms with van der Waals surface area (Å²) in [4.78, 5) is 9.29. The minimum Gasteiger partial charge on any atom is -0.322 e. The van der Waals surface area contributed by atoms with Gasteiger partial charge in [0.15, 0.2) is 17.5 Å². The summed E-state index contributed by atoms with van der Waals surface area (Å²) in [5.74, 6) is 2.00. The molecule has 27 heavy (non-hydrogen) atoms. The molecule has 11 heteroatoms. The van der Waals surface area contributed by atoms with Gasteiger partial charge in [-0.25, -0.2) is 23.1 Å². The van der Waals surface area contributed by atoms with Gasteiger partial charge in [0, 0.05) is 24.2 Å². The number of thiophene rings is 1. The summed E-state index contributed by atoms with van der Waals surface area (Å²) in [5, 5.41) is 10.7. The van der Waals surface area contributed by atoms with Crippen molar-refractivity contribution in [2.75, 3.05) is 11.9 Å². The van der Waals surface area contributed by atoms with Gasteiger partial charge in [0.05, 0.1) is 11.1 Å². The predicted molar refractivity (Wildman–Crippen MR) is 105 cm³/mol. The van der Waals surface area contributed by atoms with Gasteiger partial charge in [0.25, 0.3) is 0 Å². The Morgan fingerprint density at radius 1 is 1.37 bits per heavy atom. The van der Waals surface area contributed by atoms with Gasteiger partial charge in [-0.3, -0.25) is 5.10 Å². The molecule has 1 saturated carbocycles. The summed E-state index contributed by atoms with van der Waals surface area (Å²) in [7, 11) is -3.51. The van der Waals surface area contributed by atoms with E-state index in [1.165, 1.54) is 19.0 Å². The van der Waals surface area contributed by atoms with Crippen LogP contribution in [0.4, 0.5) is 11.6 Å². The fourth-order valence-electron chi connectivity index (χ4n) is 2.54. The Hall–Kier alpha value is -2.01. The zero-order valence-electron chi connectivity index (χ0n) is 14.4. The largest absolute Gasteiger partial charge is 0.322 e. The van der Waals surface area contributed by atoms with Crippen LogP contribution in [-0.2, 0) is 10.0 Å². The number of hydrogen-bond donors (Lipinski definition) is 3. The number of sulfonamides is 1. The first-order valence-corrected chi connectivity index (χ1v) is 11.1. The van der Waals surface area contributed by atoms with Crippen LogP contribution in [0.1, 0.15) is 31.4 Å². The molecule has 3 N–H and O–H groups in total. The molecule has 0 aliphatic heterocycles. The third kappa shape index (κ3) is 3.98. The molecule has 1 aliphatic carbocycles. The number of H-pyrrole nitrogens is 1. The molecule has 0 bridgehead atoms. The third-order valence-corrected chi connectivity index (χ3v) is 7.40. The lowest BCUT2D eigenvalue weighted by atomic mass is 10.3. The molecule has 0 saturated heterocycles. The normalized spacial score (nSPS) is 14.4. The summed E-state index contributed by atoms with van der Waals surface area (Å²) in [5.41, 5.74) is 1.10. The highest BCUT2D eigenvalue weighted by molar-refractivity contribution is 7.91. The molecule has 0 amide bonds. The number of aromatic amines is 1. The molecule has 0 unspecified atom stereocenters. The van der Waals surface area contributed by atoms with Crippen molar-refractivity contribution < 1.29 is 8.42 Å². The first-order valence-electron chi connectivity index (χ1n) is 8.41. The molecule has 8 nitrogen and oxygen atoms in total. The zero-order chi connectivity index (χ0) is 19.0. The van der Waals surface area contributed by atoms with E-state index in [9.17, 15) is 8.42 Å². The number of halogens is 1. The third-order valence-electron chi connectivity index (χ3n) is 4.01. The van der Waals surface area contributed by atoms with E-state index in [2.05, 4.69) is 30.2 Å². The van der Waals surface area contributed by atoms with Crippen molar-refractivity contribution in [2.45, 2.75) is 29.9 Å². The van der Waals surface area contributed by atoms with E-state index in [1.54, 1.807) is 19.1 Å².